The van der Waals surface area contributed by atoms with Gasteiger partial charge in [-0.1, -0.05) is 6.92 Å². The molecule has 5 heteroatoms. The van der Waals surface area contributed by atoms with Crippen LogP contribution in [0.2, 0.25) is 0 Å². The second-order valence-electron chi connectivity index (χ2n) is 5.33. The van der Waals surface area contributed by atoms with Crippen molar-refractivity contribution in [3.8, 4) is 0 Å². The van der Waals surface area contributed by atoms with Crippen molar-refractivity contribution in [2.75, 3.05) is 6.54 Å². The summed E-state index contributed by atoms with van der Waals surface area (Å²) in [4.78, 5) is 25.0. The molecule has 0 rings (SSSR count). The maximum absolute atomic E-state index is 12.1. The number of carboxylic acids is 1. The molecule has 0 aromatic rings. The molecule has 0 aromatic heterocycles. The van der Waals surface area contributed by atoms with E-state index in [-0.39, 0.29) is 24.5 Å². The lowest BCUT2D eigenvalue weighted by molar-refractivity contribution is -0.144. The van der Waals surface area contributed by atoms with Gasteiger partial charge in [0.2, 0.25) is 5.91 Å². The number of carbonyl (C=O) groups is 2. The van der Waals surface area contributed by atoms with Crippen LogP contribution in [-0.4, -0.2) is 46.1 Å². The van der Waals surface area contributed by atoms with Crippen LogP contribution in [0.5, 0.6) is 0 Å². The van der Waals surface area contributed by atoms with Crippen LogP contribution in [0, 0.1) is 0 Å². The number of carbonyl (C=O) groups excluding carboxylic acids is 1. The molecule has 0 aromatic carbocycles. The standard InChI is InChI=1S/C13H26N2O3/c1-7-13(6,12(17)18)14-8-11(16)15(9(2)3)10(4)5/h9-10,14H,7-8H2,1-6H3,(H,17,18). The molecule has 0 aliphatic rings. The van der Waals surface area contributed by atoms with Gasteiger partial charge in [0.15, 0.2) is 0 Å². The van der Waals surface area contributed by atoms with E-state index in [0.29, 0.717) is 6.42 Å². The number of hydrogen-bond acceptors (Lipinski definition) is 3. The highest BCUT2D eigenvalue weighted by Gasteiger charge is 2.32. The zero-order chi connectivity index (χ0) is 14.5. The summed E-state index contributed by atoms with van der Waals surface area (Å²) in [5, 5.41) is 12.0. The van der Waals surface area contributed by atoms with Crippen molar-refractivity contribution in [2.45, 2.75) is 65.6 Å². The Morgan fingerprint density at radius 2 is 1.67 bits per heavy atom. The summed E-state index contributed by atoms with van der Waals surface area (Å²) in [7, 11) is 0. The second-order valence-corrected chi connectivity index (χ2v) is 5.33. The highest BCUT2D eigenvalue weighted by molar-refractivity contribution is 5.82. The fraction of sp³-hybridized carbons (Fsp3) is 0.846. The molecule has 0 saturated carbocycles. The zero-order valence-electron chi connectivity index (χ0n) is 12.3. The largest absolute Gasteiger partial charge is 0.480 e. The molecule has 0 radical (unpaired) electrons. The highest BCUT2D eigenvalue weighted by Crippen LogP contribution is 2.10. The minimum absolute atomic E-state index is 0.0486. The van der Waals surface area contributed by atoms with E-state index in [1.54, 1.807) is 18.7 Å². The number of aliphatic carboxylic acids is 1. The van der Waals surface area contributed by atoms with Crippen LogP contribution in [0.3, 0.4) is 0 Å². The quantitative estimate of drug-likeness (QED) is 0.725. The average molecular weight is 258 g/mol. The molecule has 1 amide bonds. The first-order valence-corrected chi connectivity index (χ1v) is 6.45. The first-order chi connectivity index (χ1) is 8.15. The molecule has 5 nitrogen and oxygen atoms in total. The fourth-order valence-electron chi connectivity index (χ4n) is 1.89. The van der Waals surface area contributed by atoms with Gasteiger partial charge in [0.05, 0.1) is 6.54 Å². The summed E-state index contributed by atoms with van der Waals surface area (Å²) in [5.74, 6) is -1.00. The Morgan fingerprint density at radius 1 is 1.22 bits per heavy atom. The van der Waals surface area contributed by atoms with E-state index in [4.69, 9.17) is 5.11 Å². The van der Waals surface area contributed by atoms with Gasteiger partial charge in [-0.05, 0) is 41.0 Å². The van der Waals surface area contributed by atoms with Gasteiger partial charge in [-0.3, -0.25) is 14.9 Å². The summed E-state index contributed by atoms with van der Waals surface area (Å²) in [6, 6.07) is 0.217. The molecule has 1 unspecified atom stereocenters. The third kappa shape index (κ3) is 4.29. The molecule has 18 heavy (non-hydrogen) atoms. The van der Waals surface area contributed by atoms with E-state index in [2.05, 4.69) is 5.32 Å². The number of nitrogens with zero attached hydrogens (tertiary/aromatic N) is 1. The Kier molecular flexibility index (Phi) is 6.32. The van der Waals surface area contributed by atoms with Gasteiger partial charge in [-0.2, -0.15) is 0 Å². The molecule has 0 fully saturated rings. The van der Waals surface area contributed by atoms with E-state index in [1.807, 2.05) is 27.7 Å². The topological polar surface area (TPSA) is 69.6 Å². The van der Waals surface area contributed by atoms with Crippen molar-refractivity contribution in [1.29, 1.82) is 0 Å². The van der Waals surface area contributed by atoms with Crippen LogP contribution in [0.25, 0.3) is 0 Å². The van der Waals surface area contributed by atoms with Crippen LogP contribution in [-0.2, 0) is 9.59 Å². The predicted molar refractivity (Wildman–Crippen MR) is 71.5 cm³/mol. The van der Waals surface area contributed by atoms with Crippen LogP contribution in [0.15, 0.2) is 0 Å². The minimum atomic E-state index is -1.05. The lowest BCUT2D eigenvalue weighted by Gasteiger charge is -2.32. The Morgan fingerprint density at radius 3 is 1.94 bits per heavy atom. The molecule has 0 aliphatic heterocycles. The molecule has 0 aliphatic carbocycles. The average Bonchev–Trinajstić information content (AvgIpc) is 2.24. The minimum Gasteiger partial charge on any atom is -0.480 e. The van der Waals surface area contributed by atoms with Crippen molar-refractivity contribution in [1.82, 2.24) is 10.2 Å². The van der Waals surface area contributed by atoms with E-state index < -0.39 is 11.5 Å². The van der Waals surface area contributed by atoms with Gasteiger partial charge in [-0.25, -0.2) is 0 Å². The number of hydrogen-bond donors (Lipinski definition) is 2. The Hall–Kier alpha value is -1.10. The summed E-state index contributed by atoms with van der Waals surface area (Å²) in [5.41, 5.74) is -1.05. The summed E-state index contributed by atoms with van der Waals surface area (Å²) < 4.78 is 0. The zero-order valence-corrected chi connectivity index (χ0v) is 12.3. The highest BCUT2D eigenvalue weighted by atomic mass is 16.4. The van der Waals surface area contributed by atoms with Crippen molar-refractivity contribution in [3.63, 3.8) is 0 Å². The first-order valence-electron chi connectivity index (χ1n) is 6.45. The number of amides is 1. The van der Waals surface area contributed by atoms with Crippen molar-refractivity contribution >= 4 is 11.9 Å². The van der Waals surface area contributed by atoms with Crippen LogP contribution < -0.4 is 5.32 Å². The number of carboxylic acid groups (broad SMARTS) is 1. The fourth-order valence-corrected chi connectivity index (χ4v) is 1.89. The third-order valence-corrected chi connectivity index (χ3v) is 3.21. The van der Waals surface area contributed by atoms with E-state index in [9.17, 15) is 9.59 Å². The lowest BCUT2D eigenvalue weighted by atomic mass is 9.99. The van der Waals surface area contributed by atoms with E-state index in [1.165, 1.54) is 0 Å². The van der Waals surface area contributed by atoms with Gasteiger partial charge in [0, 0.05) is 12.1 Å². The normalized spacial score (nSPS) is 14.7. The van der Waals surface area contributed by atoms with Crippen LogP contribution >= 0.6 is 0 Å². The van der Waals surface area contributed by atoms with Gasteiger partial charge in [0.1, 0.15) is 5.54 Å². The Labute approximate surface area is 110 Å². The van der Waals surface area contributed by atoms with Gasteiger partial charge >= 0.3 is 5.97 Å². The lowest BCUT2D eigenvalue weighted by Crippen LogP contribution is -2.54. The molecule has 0 heterocycles. The molecule has 0 spiro atoms. The summed E-state index contributed by atoms with van der Waals surface area (Å²) in [6.07, 6.45) is 0.430. The molecule has 0 bridgehead atoms. The third-order valence-electron chi connectivity index (χ3n) is 3.21. The van der Waals surface area contributed by atoms with Gasteiger partial charge in [0.25, 0.3) is 0 Å². The van der Waals surface area contributed by atoms with Crippen LogP contribution in [0.4, 0.5) is 0 Å². The molecular formula is C13H26N2O3. The molecule has 2 N–H and O–H groups in total. The van der Waals surface area contributed by atoms with Crippen molar-refractivity contribution in [2.24, 2.45) is 0 Å². The SMILES string of the molecule is CCC(C)(NCC(=O)N(C(C)C)C(C)C)C(=O)O. The van der Waals surface area contributed by atoms with Gasteiger partial charge in [-0.15, -0.1) is 0 Å². The number of nitrogens with one attached hydrogen (secondary N) is 1. The van der Waals surface area contributed by atoms with Crippen molar-refractivity contribution < 1.29 is 14.7 Å². The maximum Gasteiger partial charge on any atom is 0.323 e. The van der Waals surface area contributed by atoms with Gasteiger partial charge < -0.3 is 10.0 Å². The Bertz CT molecular complexity index is 295. The molecule has 0 saturated heterocycles. The number of rotatable bonds is 7. The smallest absolute Gasteiger partial charge is 0.323 e. The van der Waals surface area contributed by atoms with Crippen LogP contribution in [0.1, 0.15) is 48.0 Å². The monoisotopic (exact) mass is 258 g/mol. The molecule has 106 valence electrons. The summed E-state index contributed by atoms with van der Waals surface area (Å²) >= 11 is 0. The second kappa shape index (κ2) is 6.73. The van der Waals surface area contributed by atoms with Crippen molar-refractivity contribution in [3.05, 3.63) is 0 Å². The van der Waals surface area contributed by atoms with E-state index >= 15 is 0 Å². The van der Waals surface area contributed by atoms with E-state index in [0.717, 1.165) is 0 Å². The molecular weight excluding hydrogens is 232 g/mol. The Balaban J connectivity index is 4.62. The summed E-state index contributed by atoms with van der Waals surface area (Å²) in [6.45, 7) is 11.2. The first kappa shape index (κ1) is 16.9. The predicted octanol–water partition coefficient (Wildman–Crippen LogP) is 1.47. The molecule has 1 atom stereocenters. The maximum atomic E-state index is 12.1.